The van der Waals surface area contributed by atoms with Crippen LogP contribution in [0.5, 0.6) is 11.5 Å². The maximum atomic E-state index is 6.10. The highest BCUT2D eigenvalue weighted by molar-refractivity contribution is 5.82. The molecule has 2 N–H and O–H groups in total. The van der Waals surface area contributed by atoms with Gasteiger partial charge in [0.2, 0.25) is 5.95 Å². The van der Waals surface area contributed by atoms with E-state index in [0.717, 1.165) is 11.0 Å². The van der Waals surface area contributed by atoms with Gasteiger partial charge in [0.1, 0.15) is 0 Å². The number of nitrogens with two attached hydrogens (primary N) is 1. The SMILES string of the molecule is COc1cc2nc(N)n(Cc3ccccc3C)c2cc1OC. The fourth-order valence-electron chi connectivity index (χ4n) is 2.59. The highest BCUT2D eigenvalue weighted by Gasteiger charge is 2.14. The fourth-order valence-corrected chi connectivity index (χ4v) is 2.59. The molecule has 5 heteroatoms. The van der Waals surface area contributed by atoms with Gasteiger partial charge >= 0.3 is 0 Å². The summed E-state index contributed by atoms with van der Waals surface area (Å²) < 4.78 is 12.7. The van der Waals surface area contributed by atoms with E-state index in [0.29, 0.717) is 24.0 Å². The predicted molar refractivity (Wildman–Crippen MR) is 87.5 cm³/mol. The first kappa shape index (κ1) is 14.3. The van der Waals surface area contributed by atoms with Crippen molar-refractivity contribution >= 4 is 17.0 Å². The van der Waals surface area contributed by atoms with E-state index in [2.05, 4.69) is 24.0 Å². The van der Waals surface area contributed by atoms with E-state index in [1.807, 2.05) is 28.8 Å². The maximum absolute atomic E-state index is 6.10. The Kier molecular flexibility index (Phi) is 3.63. The third-order valence-corrected chi connectivity index (χ3v) is 3.87. The number of fused-ring (bicyclic) bond motifs is 1. The van der Waals surface area contributed by atoms with Gasteiger partial charge < -0.3 is 19.8 Å². The third-order valence-electron chi connectivity index (χ3n) is 3.87. The summed E-state index contributed by atoms with van der Waals surface area (Å²) >= 11 is 0. The number of nitrogen functional groups attached to an aromatic ring is 1. The second-order valence-corrected chi connectivity index (χ2v) is 5.18. The number of rotatable bonds is 4. The molecule has 0 amide bonds. The molecule has 5 nitrogen and oxygen atoms in total. The molecule has 0 atom stereocenters. The zero-order valence-corrected chi connectivity index (χ0v) is 13.0. The van der Waals surface area contributed by atoms with Crippen LogP contribution in [0, 0.1) is 6.92 Å². The quantitative estimate of drug-likeness (QED) is 0.804. The van der Waals surface area contributed by atoms with Crippen molar-refractivity contribution in [1.82, 2.24) is 9.55 Å². The van der Waals surface area contributed by atoms with Crippen molar-refractivity contribution in [2.24, 2.45) is 0 Å². The molecule has 0 bridgehead atoms. The van der Waals surface area contributed by atoms with Gasteiger partial charge in [-0.05, 0) is 18.1 Å². The van der Waals surface area contributed by atoms with Crippen LogP contribution in [0.3, 0.4) is 0 Å². The third kappa shape index (κ3) is 2.35. The van der Waals surface area contributed by atoms with E-state index in [9.17, 15) is 0 Å². The van der Waals surface area contributed by atoms with Crippen molar-refractivity contribution < 1.29 is 9.47 Å². The molecule has 114 valence electrons. The Morgan fingerprint density at radius 2 is 1.77 bits per heavy atom. The second-order valence-electron chi connectivity index (χ2n) is 5.18. The first-order chi connectivity index (χ1) is 10.6. The van der Waals surface area contributed by atoms with Crippen LogP contribution in [-0.4, -0.2) is 23.8 Å². The molecule has 2 aromatic carbocycles. The molecule has 3 rings (SSSR count). The fraction of sp³-hybridized carbons (Fsp3) is 0.235. The molecule has 0 aliphatic rings. The summed E-state index contributed by atoms with van der Waals surface area (Å²) in [7, 11) is 3.23. The monoisotopic (exact) mass is 297 g/mol. The first-order valence-corrected chi connectivity index (χ1v) is 7.06. The van der Waals surface area contributed by atoms with Crippen LogP contribution < -0.4 is 15.2 Å². The van der Waals surface area contributed by atoms with Gasteiger partial charge in [-0.2, -0.15) is 0 Å². The molecule has 0 saturated heterocycles. The molecule has 0 spiro atoms. The van der Waals surface area contributed by atoms with Gasteiger partial charge in [0.05, 0.1) is 31.8 Å². The summed E-state index contributed by atoms with van der Waals surface area (Å²) in [4.78, 5) is 4.43. The van der Waals surface area contributed by atoms with E-state index in [1.54, 1.807) is 14.2 Å². The molecule has 0 saturated carbocycles. The van der Waals surface area contributed by atoms with E-state index < -0.39 is 0 Å². The molecule has 0 aliphatic carbocycles. The van der Waals surface area contributed by atoms with Crippen LogP contribution in [-0.2, 0) is 6.54 Å². The number of nitrogens with zero attached hydrogens (tertiary/aromatic N) is 2. The smallest absolute Gasteiger partial charge is 0.201 e. The van der Waals surface area contributed by atoms with Crippen molar-refractivity contribution in [1.29, 1.82) is 0 Å². The van der Waals surface area contributed by atoms with Gasteiger partial charge in [-0.25, -0.2) is 4.98 Å². The van der Waals surface area contributed by atoms with Crippen LogP contribution in [0.25, 0.3) is 11.0 Å². The Balaban J connectivity index is 2.13. The van der Waals surface area contributed by atoms with Crippen molar-refractivity contribution in [3.8, 4) is 11.5 Å². The summed E-state index contributed by atoms with van der Waals surface area (Å²) in [5.41, 5.74) is 10.3. The topological polar surface area (TPSA) is 62.3 Å². The van der Waals surface area contributed by atoms with E-state index in [1.165, 1.54) is 11.1 Å². The van der Waals surface area contributed by atoms with Gasteiger partial charge in [0.25, 0.3) is 0 Å². The number of ether oxygens (including phenoxy) is 2. The molecule has 1 aromatic heterocycles. The molecule has 0 unspecified atom stereocenters. The average Bonchev–Trinajstić information content (AvgIpc) is 2.83. The highest BCUT2D eigenvalue weighted by atomic mass is 16.5. The van der Waals surface area contributed by atoms with E-state index in [-0.39, 0.29) is 0 Å². The molecule has 0 radical (unpaired) electrons. The van der Waals surface area contributed by atoms with Gasteiger partial charge in [-0.15, -0.1) is 0 Å². The minimum Gasteiger partial charge on any atom is -0.493 e. The number of hydrogen-bond acceptors (Lipinski definition) is 4. The van der Waals surface area contributed by atoms with Crippen molar-refractivity contribution in [3.05, 3.63) is 47.5 Å². The lowest BCUT2D eigenvalue weighted by Gasteiger charge is -2.11. The molecule has 3 aromatic rings. The van der Waals surface area contributed by atoms with E-state index in [4.69, 9.17) is 15.2 Å². The minimum atomic E-state index is 0.480. The predicted octanol–water partition coefficient (Wildman–Crippen LogP) is 2.99. The number of aromatic nitrogens is 2. The Labute approximate surface area is 129 Å². The zero-order chi connectivity index (χ0) is 15.7. The Hall–Kier alpha value is -2.69. The van der Waals surface area contributed by atoms with Crippen LogP contribution >= 0.6 is 0 Å². The van der Waals surface area contributed by atoms with E-state index >= 15 is 0 Å². The summed E-state index contributed by atoms with van der Waals surface area (Å²) in [5, 5.41) is 0. The second kappa shape index (κ2) is 5.60. The minimum absolute atomic E-state index is 0.480. The number of hydrogen-bond donors (Lipinski definition) is 1. The Morgan fingerprint density at radius 1 is 1.09 bits per heavy atom. The molecular formula is C17H19N3O2. The standard InChI is InChI=1S/C17H19N3O2/c1-11-6-4-5-7-12(11)10-20-14-9-16(22-3)15(21-2)8-13(14)19-17(20)18/h4-9H,10H2,1-3H3,(H2,18,19). The van der Waals surface area contributed by atoms with Gasteiger partial charge in [-0.3, -0.25) is 0 Å². The van der Waals surface area contributed by atoms with Crippen LogP contribution in [0.2, 0.25) is 0 Å². The number of methoxy groups -OCH3 is 2. The van der Waals surface area contributed by atoms with Gasteiger partial charge in [0.15, 0.2) is 11.5 Å². The zero-order valence-electron chi connectivity index (χ0n) is 13.0. The van der Waals surface area contributed by atoms with Crippen LogP contribution in [0.15, 0.2) is 36.4 Å². The van der Waals surface area contributed by atoms with Gasteiger partial charge in [-0.1, -0.05) is 24.3 Å². The Bertz CT molecular complexity index is 824. The van der Waals surface area contributed by atoms with Gasteiger partial charge in [0, 0.05) is 12.1 Å². The first-order valence-electron chi connectivity index (χ1n) is 7.06. The number of anilines is 1. The summed E-state index contributed by atoms with van der Waals surface area (Å²) in [5.74, 6) is 1.80. The summed E-state index contributed by atoms with van der Waals surface area (Å²) in [6, 6.07) is 12.0. The molecule has 0 aliphatic heterocycles. The largest absolute Gasteiger partial charge is 0.493 e. The Morgan fingerprint density at radius 3 is 2.45 bits per heavy atom. The highest BCUT2D eigenvalue weighted by Crippen LogP contribution is 2.33. The van der Waals surface area contributed by atoms with Crippen LogP contribution in [0.4, 0.5) is 5.95 Å². The summed E-state index contributed by atoms with van der Waals surface area (Å²) in [6.45, 7) is 2.76. The normalized spacial score (nSPS) is 10.9. The van der Waals surface area contributed by atoms with Crippen molar-refractivity contribution in [2.45, 2.75) is 13.5 Å². The molecular weight excluding hydrogens is 278 g/mol. The lowest BCUT2D eigenvalue weighted by molar-refractivity contribution is 0.355. The number of benzene rings is 2. The maximum Gasteiger partial charge on any atom is 0.201 e. The summed E-state index contributed by atoms with van der Waals surface area (Å²) in [6.07, 6.45) is 0. The van der Waals surface area contributed by atoms with Crippen LogP contribution in [0.1, 0.15) is 11.1 Å². The number of imidazole rings is 1. The molecule has 0 fully saturated rings. The van der Waals surface area contributed by atoms with Crippen molar-refractivity contribution in [2.75, 3.05) is 20.0 Å². The molecule has 1 heterocycles. The van der Waals surface area contributed by atoms with Crippen molar-refractivity contribution in [3.63, 3.8) is 0 Å². The lowest BCUT2D eigenvalue weighted by atomic mass is 10.1. The molecule has 22 heavy (non-hydrogen) atoms. The average molecular weight is 297 g/mol. The lowest BCUT2D eigenvalue weighted by Crippen LogP contribution is -2.05. The number of aryl methyl sites for hydroxylation is 1.